The summed E-state index contributed by atoms with van der Waals surface area (Å²) in [4.78, 5) is 12.6. The fraction of sp³-hybridized carbons (Fsp3) is 0.611. The van der Waals surface area contributed by atoms with Crippen LogP contribution in [0.15, 0.2) is 24.3 Å². The van der Waals surface area contributed by atoms with Crippen LogP contribution in [0.25, 0.3) is 0 Å². The number of halogens is 1. The summed E-state index contributed by atoms with van der Waals surface area (Å²) < 4.78 is 38.9. The van der Waals surface area contributed by atoms with Gasteiger partial charge in [0.15, 0.2) is 0 Å². The molecule has 0 radical (unpaired) electrons. The largest absolute Gasteiger partial charge is 0.352 e. The van der Waals surface area contributed by atoms with Crippen molar-refractivity contribution < 1.29 is 17.6 Å². The minimum Gasteiger partial charge on any atom is -0.352 e. The van der Waals surface area contributed by atoms with Crippen molar-refractivity contribution in [3.63, 3.8) is 0 Å². The Labute approximate surface area is 149 Å². The highest BCUT2D eigenvalue weighted by atomic mass is 32.2. The van der Waals surface area contributed by atoms with Crippen LogP contribution in [0.1, 0.15) is 51.9 Å². The molecule has 1 saturated carbocycles. The highest BCUT2D eigenvalue weighted by molar-refractivity contribution is 7.92. The van der Waals surface area contributed by atoms with Crippen LogP contribution >= 0.6 is 0 Å². The fourth-order valence-electron chi connectivity index (χ4n) is 3.34. The molecule has 1 aliphatic rings. The zero-order valence-electron chi connectivity index (χ0n) is 14.9. The van der Waals surface area contributed by atoms with Gasteiger partial charge in [-0.15, -0.1) is 0 Å². The Kier molecular flexibility index (Phi) is 6.81. The molecule has 0 spiro atoms. The predicted octanol–water partition coefficient (Wildman–Crippen LogP) is 3.21. The molecule has 0 aromatic heterocycles. The molecule has 1 amide bonds. The third-order valence-corrected chi connectivity index (χ3v) is 5.84. The van der Waals surface area contributed by atoms with Crippen LogP contribution in [0.5, 0.6) is 0 Å². The van der Waals surface area contributed by atoms with Gasteiger partial charge in [0.25, 0.3) is 0 Å². The van der Waals surface area contributed by atoms with E-state index < -0.39 is 21.9 Å². The average molecular weight is 370 g/mol. The van der Waals surface area contributed by atoms with Crippen LogP contribution in [-0.4, -0.2) is 32.7 Å². The van der Waals surface area contributed by atoms with Gasteiger partial charge in [-0.05, 0) is 38.0 Å². The topological polar surface area (TPSA) is 66.5 Å². The monoisotopic (exact) mass is 370 g/mol. The molecule has 1 N–H and O–H groups in total. The van der Waals surface area contributed by atoms with Crippen molar-refractivity contribution in [2.24, 2.45) is 0 Å². The van der Waals surface area contributed by atoms with Crippen LogP contribution in [0.4, 0.5) is 10.1 Å². The molecular weight excluding hydrogens is 343 g/mol. The highest BCUT2D eigenvalue weighted by Gasteiger charge is 2.30. The molecule has 5 nitrogen and oxygen atoms in total. The predicted molar refractivity (Wildman–Crippen MR) is 97.4 cm³/mol. The van der Waals surface area contributed by atoms with E-state index in [1.54, 1.807) is 0 Å². The third-order valence-electron chi connectivity index (χ3n) is 4.60. The number of carbonyl (C=O) groups excluding carboxylic acids is 1. The maximum atomic E-state index is 13.5. The summed E-state index contributed by atoms with van der Waals surface area (Å²) >= 11 is 0. The standard InChI is InChI=1S/C18H27FN2O3S/c1-14(18(22)20-16-10-6-4-3-5-7-11-16)21(25(2,23)24)17-12-8-9-15(19)13-17/h8-9,12-14,16H,3-7,10-11H2,1-2H3,(H,20,22). The number of carbonyl (C=O) groups is 1. The third kappa shape index (κ3) is 5.70. The van der Waals surface area contributed by atoms with E-state index in [4.69, 9.17) is 0 Å². The minimum atomic E-state index is -3.73. The zero-order valence-corrected chi connectivity index (χ0v) is 15.7. The van der Waals surface area contributed by atoms with Crippen LogP contribution in [0.2, 0.25) is 0 Å². The number of sulfonamides is 1. The molecule has 1 atom stereocenters. The molecular formula is C18H27FN2O3S. The molecule has 140 valence electrons. The summed E-state index contributed by atoms with van der Waals surface area (Å²) in [5.74, 6) is -0.890. The smallest absolute Gasteiger partial charge is 0.243 e. The molecule has 1 aromatic rings. The van der Waals surface area contributed by atoms with Crippen LogP contribution in [0.3, 0.4) is 0 Å². The number of nitrogens with one attached hydrogen (secondary N) is 1. The van der Waals surface area contributed by atoms with Gasteiger partial charge in [0.05, 0.1) is 11.9 Å². The van der Waals surface area contributed by atoms with E-state index in [9.17, 15) is 17.6 Å². The second-order valence-corrected chi connectivity index (χ2v) is 8.62. The second-order valence-electron chi connectivity index (χ2n) is 6.77. The lowest BCUT2D eigenvalue weighted by molar-refractivity contribution is -0.122. The normalized spacial score (nSPS) is 18.0. The van der Waals surface area contributed by atoms with E-state index in [0.29, 0.717) is 0 Å². The lowest BCUT2D eigenvalue weighted by Crippen LogP contribution is -2.50. The maximum absolute atomic E-state index is 13.5. The molecule has 0 bridgehead atoms. The Morgan fingerprint density at radius 3 is 2.36 bits per heavy atom. The van der Waals surface area contributed by atoms with E-state index >= 15 is 0 Å². The average Bonchev–Trinajstić information content (AvgIpc) is 2.48. The number of nitrogens with zero attached hydrogens (tertiary/aromatic N) is 1. The first-order valence-corrected chi connectivity index (χ1v) is 10.7. The lowest BCUT2D eigenvalue weighted by atomic mass is 9.96. The Hall–Kier alpha value is -1.63. The Morgan fingerprint density at radius 2 is 1.80 bits per heavy atom. The Bertz CT molecular complexity index is 685. The summed E-state index contributed by atoms with van der Waals surface area (Å²) in [6.07, 6.45) is 8.56. The first-order chi connectivity index (χ1) is 11.8. The van der Waals surface area contributed by atoms with E-state index in [1.165, 1.54) is 44.4 Å². The summed E-state index contributed by atoms with van der Waals surface area (Å²) in [6, 6.07) is 4.42. The Morgan fingerprint density at radius 1 is 1.20 bits per heavy atom. The van der Waals surface area contributed by atoms with Gasteiger partial charge < -0.3 is 5.32 Å². The molecule has 1 aromatic carbocycles. The SMILES string of the molecule is CC(C(=O)NC1CCCCCCC1)N(c1cccc(F)c1)S(C)(=O)=O. The molecule has 1 fully saturated rings. The van der Waals surface area contributed by atoms with Gasteiger partial charge in [0, 0.05) is 6.04 Å². The van der Waals surface area contributed by atoms with E-state index in [0.717, 1.165) is 42.3 Å². The van der Waals surface area contributed by atoms with Crippen molar-refractivity contribution in [1.82, 2.24) is 5.32 Å². The zero-order chi connectivity index (χ0) is 18.4. The number of amides is 1. The highest BCUT2D eigenvalue weighted by Crippen LogP contribution is 2.22. The fourth-order valence-corrected chi connectivity index (χ4v) is 4.51. The minimum absolute atomic E-state index is 0.0733. The van der Waals surface area contributed by atoms with Crippen LogP contribution in [-0.2, 0) is 14.8 Å². The first-order valence-electron chi connectivity index (χ1n) is 8.84. The van der Waals surface area contributed by atoms with Crippen molar-refractivity contribution in [2.75, 3.05) is 10.6 Å². The summed E-state index contributed by atoms with van der Waals surface area (Å²) in [5, 5.41) is 2.98. The summed E-state index contributed by atoms with van der Waals surface area (Å²) in [6.45, 7) is 1.53. The van der Waals surface area contributed by atoms with Gasteiger partial charge in [-0.1, -0.05) is 38.2 Å². The van der Waals surface area contributed by atoms with Gasteiger partial charge in [-0.2, -0.15) is 0 Å². The number of hydrogen-bond donors (Lipinski definition) is 1. The van der Waals surface area contributed by atoms with Crippen molar-refractivity contribution in [2.45, 2.75) is 64.0 Å². The lowest BCUT2D eigenvalue weighted by Gasteiger charge is -2.30. The van der Waals surface area contributed by atoms with Crippen LogP contribution in [0, 0.1) is 5.82 Å². The summed E-state index contributed by atoms with van der Waals surface area (Å²) in [5.41, 5.74) is 0.155. The molecule has 0 heterocycles. The molecule has 7 heteroatoms. The number of rotatable bonds is 5. The molecule has 2 rings (SSSR count). The van der Waals surface area contributed by atoms with Gasteiger partial charge in [-0.25, -0.2) is 12.8 Å². The van der Waals surface area contributed by atoms with Crippen LogP contribution < -0.4 is 9.62 Å². The quantitative estimate of drug-likeness (QED) is 0.865. The number of anilines is 1. The van der Waals surface area contributed by atoms with Gasteiger partial charge >= 0.3 is 0 Å². The van der Waals surface area contributed by atoms with Gasteiger partial charge in [-0.3, -0.25) is 9.10 Å². The number of hydrogen-bond acceptors (Lipinski definition) is 3. The first kappa shape index (κ1) is 19.7. The number of benzene rings is 1. The van der Waals surface area contributed by atoms with E-state index in [-0.39, 0.29) is 17.6 Å². The molecule has 0 aliphatic heterocycles. The van der Waals surface area contributed by atoms with Crippen molar-refractivity contribution in [3.05, 3.63) is 30.1 Å². The van der Waals surface area contributed by atoms with Crippen molar-refractivity contribution >= 4 is 21.6 Å². The van der Waals surface area contributed by atoms with Crippen molar-refractivity contribution in [1.29, 1.82) is 0 Å². The molecule has 0 saturated heterocycles. The molecule has 1 unspecified atom stereocenters. The van der Waals surface area contributed by atoms with Gasteiger partial charge in [0.2, 0.25) is 15.9 Å². The second kappa shape index (κ2) is 8.65. The Balaban J connectivity index is 2.15. The van der Waals surface area contributed by atoms with Crippen molar-refractivity contribution in [3.8, 4) is 0 Å². The van der Waals surface area contributed by atoms with Gasteiger partial charge in [0.1, 0.15) is 11.9 Å². The van der Waals surface area contributed by atoms with E-state index in [2.05, 4.69) is 5.32 Å². The summed E-state index contributed by atoms with van der Waals surface area (Å²) in [7, 11) is -3.73. The molecule has 1 aliphatic carbocycles. The van der Waals surface area contributed by atoms with E-state index in [1.807, 2.05) is 0 Å². The maximum Gasteiger partial charge on any atom is 0.243 e. The molecule has 25 heavy (non-hydrogen) atoms.